The lowest BCUT2D eigenvalue weighted by molar-refractivity contribution is 0.0695. The van der Waals surface area contributed by atoms with E-state index >= 15 is 0 Å². The Balaban J connectivity index is 2.19. The Morgan fingerprint density at radius 1 is 1.09 bits per heavy atom. The second-order valence-corrected chi connectivity index (χ2v) is 5.47. The maximum Gasteiger partial charge on any atom is 0.336 e. The van der Waals surface area contributed by atoms with E-state index in [1.165, 1.54) is 12.1 Å². The standard InChI is InChI=1S/C19H22O4/c1-2-3-5-10-15-16(19(21)22)11-12-17(18(15)20)23-13-14-8-6-4-7-9-14/h4,6-9,11-12,20H,2-3,5,10,13H2,1H3,(H,21,22). The first-order valence-corrected chi connectivity index (χ1v) is 7.88. The van der Waals surface area contributed by atoms with Crippen LogP contribution in [-0.2, 0) is 13.0 Å². The summed E-state index contributed by atoms with van der Waals surface area (Å²) in [5, 5.41) is 19.7. The molecule has 0 atom stereocenters. The highest BCUT2D eigenvalue weighted by Gasteiger charge is 2.17. The monoisotopic (exact) mass is 314 g/mol. The second kappa shape index (κ2) is 8.22. The number of benzene rings is 2. The Bertz CT molecular complexity index is 650. The molecule has 4 nitrogen and oxygen atoms in total. The first kappa shape index (κ1) is 16.9. The summed E-state index contributed by atoms with van der Waals surface area (Å²) in [4.78, 5) is 11.3. The van der Waals surface area contributed by atoms with Gasteiger partial charge in [-0.15, -0.1) is 0 Å². The zero-order chi connectivity index (χ0) is 16.7. The number of carboxylic acids is 1. The summed E-state index contributed by atoms with van der Waals surface area (Å²) in [7, 11) is 0. The van der Waals surface area contributed by atoms with Crippen LogP contribution in [0.4, 0.5) is 0 Å². The van der Waals surface area contributed by atoms with E-state index in [2.05, 4.69) is 6.92 Å². The number of aromatic carboxylic acids is 1. The predicted octanol–water partition coefficient (Wildman–Crippen LogP) is 4.40. The molecule has 0 bridgehead atoms. The van der Waals surface area contributed by atoms with Gasteiger partial charge in [0.2, 0.25) is 0 Å². The third kappa shape index (κ3) is 4.49. The molecule has 2 aromatic carbocycles. The van der Waals surface area contributed by atoms with Crippen LogP contribution in [0.25, 0.3) is 0 Å². The number of carboxylic acid groups (broad SMARTS) is 1. The van der Waals surface area contributed by atoms with Gasteiger partial charge >= 0.3 is 5.97 Å². The van der Waals surface area contributed by atoms with Crippen molar-refractivity contribution in [3.05, 3.63) is 59.2 Å². The van der Waals surface area contributed by atoms with Gasteiger partial charge in [0, 0.05) is 5.56 Å². The molecular formula is C19H22O4. The summed E-state index contributed by atoms with van der Waals surface area (Å²) in [6, 6.07) is 12.7. The molecule has 0 aliphatic rings. The molecule has 122 valence electrons. The molecule has 2 aromatic rings. The van der Waals surface area contributed by atoms with Gasteiger partial charge in [0.05, 0.1) is 5.56 Å². The van der Waals surface area contributed by atoms with E-state index < -0.39 is 5.97 Å². The summed E-state index contributed by atoms with van der Waals surface area (Å²) in [6.07, 6.45) is 3.40. The third-order valence-corrected chi connectivity index (χ3v) is 3.74. The highest BCUT2D eigenvalue weighted by molar-refractivity contribution is 5.90. The van der Waals surface area contributed by atoms with Crippen molar-refractivity contribution < 1.29 is 19.7 Å². The lowest BCUT2D eigenvalue weighted by atomic mass is 9.99. The first-order valence-electron chi connectivity index (χ1n) is 7.88. The van der Waals surface area contributed by atoms with Gasteiger partial charge in [0.25, 0.3) is 0 Å². The molecule has 2 N–H and O–H groups in total. The van der Waals surface area contributed by atoms with Gasteiger partial charge in [-0.25, -0.2) is 4.79 Å². The summed E-state index contributed by atoms with van der Waals surface area (Å²) in [6.45, 7) is 2.41. The van der Waals surface area contributed by atoms with Crippen molar-refractivity contribution in [1.82, 2.24) is 0 Å². The number of unbranched alkanes of at least 4 members (excludes halogenated alkanes) is 2. The molecule has 0 radical (unpaired) electrons. The maximum absolute atomic E-state index is 11.3. The van der Waals surface area contributed by atoms with Crippen molar-refractivity contribution in [2.75, 3.05) is 0 Å². The van der Waals surface area contributed by atoms with Crippen molar-refractivity contribution in [2.24, 2.45) is 0 Å². The molecule has 2 rings (SSSR count). The molecule has 0 saturated carbocycles. The van der Waals surface area contributed by atoms with Crippen molar-refractivity contribution in [3.63, 3.8) is 0 Å². The largest absolute Gasteiger partial charge is 0.504 e. The smallest absolute Gasteiger partial charge is 0.336 e. The number of hydrogen-bond donors (Lipinski definition) is 2. The van der Waals surface area contributed by atoms with E-state index in [1.54, 1.807) is 0 Å². The van der Waals surface area contributed by atoms with Crippen LogP contribution >= 0.6 is 0 Å². The fourth-order valence-corrected chi connectivity index (χ4v) is 2.47. The molecule has 0 saturated heterocycles. The molecule has 0 unspecified atom stereocenters. The van der Waals surface area contributed by atoms with E-state index in [-0.39, 0.29) is 11.3 Å². The van der Waals surface area contributed by atoms with E-state index in [0.717, 1.165) is 24.8 Å². The third-order valence-electron chi connectivity index (χ3n) is 3.74. The zero-order valence-electron chi connectivity index (χ0n) is 13.3. The van der Waals surface area contributed by atoms with Crippen LogP contribution in [0.5, 0.6) is 11.5 Å². The summed E-state index contributed by atoms with van der Waals surface area (Å²) in [5.41, 5.74) is 1.59. The minimum absolute atomic E-state index is 0.0584. The van der Waals surface area contributed by atoms with Gasteiger partial charge in [-0.05, 0) is 30.5 Å². The fraction of sp³-hybridized carbons (Fsp3) is 0.316. The van der Waals surface area contributed by atoms with Gasteiger partial charge in [0.1, 0.15) is 6.61 Å². The van der Waals surface area contributed by atoms with Gasteiger partial charge in [-0.2, -0.15) is 0 Å². The molecule has 0 aliphatic heterocycles. The minimum atomic E-state index is -1.03. The van der Waals surface area contributed by atoms with Crippen molar-refractivity contribution in [1.29, 1.82) is 0 Å². The van der Waals surface area contributed by atoms with Crippen LogP contribution in [0, 0.1) is 0 Å². The van der Waals surface area contributed by atoms with Crippen LogP contribution in [0.15, 0.2) is 42.5 Å². The molecule has 0 heterocycles. The summed E-state index contributed by atoms with van der Waals surface area (Å²) in [5.74, 6) is -0.760. The highest BCUT2D eigenvalue weighted by Crippen LogP contribution is 2.34. The lowest BCUT2D eigenvalue weighted by Gasteiger charge is -2.14. The van der Waals surface area contributed by atoms with Crippen LogP contribution in [0.1, 0.15) is 47.7 Å². The van der Waals surface area contributed by atoms with E-state index in [4.69, 9.17) is 4.74 Å². The van der Waals surface area contributed by atoms with Crippen LogP contribution < -0.4 is 4.74 Å². The molecule has 23 heavy (non-hydrogen) atoms. The Labute approximate surface area is 136 Å². The summed E-state index contributed by atoms with van der Waals surface area (Å²) < 4.78 is 5.66. The Kier molecular flexibility index (Phi) is 6.03. The molecule has 0 spiro atoms. The molecule has 0 fully saturated rings. The molecule has 0 amide bonds. The number of phenolic OH excluding ortho intramolecular Hbond substituents is 1. The number of phenols is 1. The number of carbonyl (C=O) groups is 1. The zero-order valence-corrected chi connectivity index (χ0v) is 13.3. The summed E-state index contributed by atoms with van der Waals surface area (Å²) >= 11 is 0. The van der Waals surface area contributed by atoms with Gasteiger partial charge < -0.3 is 14.9 Å². The topological polar surface area (TPSA) is 66.8 Å². The number of rotatable bonds is 8. The van der Waals surface area contributed by atoms with Crippen LogP contribution in [0.3, 0.4) is 0 Å². The van der Waals surface area contributed by atoms with Gasteiger partial charge in [0.15, 0.2) is 11.5 Å². The van der Waals surface area contributed by atoms with Crippen LogP contribution in [0.2, 0.25) is 0 Å². The van der Waals surface area contributed by atoms with Crippen molar-refractivity contribution in [2.45, 2.75) is 39.2 Å². The average Bonchev–Trinajstić information content (AvgIpc) is 2.56. The minimum Gasteiger partial charge on any atom is -0.504 e. The highest BCUT2D eigenvalue weighted by atomic mass is 16.5. The fourth-order valence-electron chi connectivity index (χ4n) is 2.47. The molecule has 0 aromatic heterocycles. The Morgan fingerprint density at radius 2 is 1.83 bits per heavy atom. The van der Waals surface area contributed by atoms with Crippen molar-refractivity contribution in [3.8, 4) is 11.5 Å². The van der Waals surface area contributed by atoms with E-state index in [0.29, 0.717) is 24.3 Å². The SMILES string of the molecule is CCCCCc1c(C(=O)O)ccc(OCc2ccccc2)c1O. The Morgan fingerprint density at radius 3 is 2.48 bits per heavy atom. The quantitative estimate of drug-likeness (QED) is 0.709. The lowest BCUT2D eigenvalue weighted by Crippen LogP contribution is -2.05. The van der Waals surface area contributed by atoms with Gasteiger partial charge in [-0.3, -0.25) is 0 Å². The van der Waals surface area contributed by atoms with E-state index in [1.807, 2.05) is 30.3 Å². The normalized spacial score (nSPS) is 10.5. The number of aromatic hydroxyl groups is 1. The van der Waals surface area contributed by atoms with E-state index in [9.17, 15) is 15.0 Å². The van der Waals surface area contributed by atoms with Crippen LogP contribution in [-0.4, -0.2) is 16.2 Å². The predicted molar refractivity (Wildman–Crippen MR) is 89.1 cm³/mol. The molecule has 4 heteroatoms. The molecule has 0 aliphatic carbocycles. The maximum atomic E-state index is 11.3. The first-order chi connectivity index (χ1) is 11.1. The molecular weight excluding hydrogens is 292 g/mol. The number of hydrogen-bond acceptors (Lipinski definition) is 3. The average molecular weight is 314 g/mol. The van der Waals surface area contributed by atoms with Gasteiger partial charge in [-0.1, -0.05) is 50.1 Å². The van der Waals surface area contributed by atoms with Crippen molar-refractivity contribution >= 4 is 5.97 Å². The Hall–Kier alpha value is -2.49. The number of ether oxygens (including phenoxy) is 1. The second-order valence-electron chi connectivity index (χ2n) is 5.47.